The molecule has 0 aliphatic heterocycles. The van der Waals surface area contributed by atoms with Gasteiger partial charge in [0, 0.05) is 32.6 Å². The molecule has 29 heavy (non-hydrogen) atoms. The van der Waals surface area contributed by atoms with Crippen molar-refractivity contribution >= 4 is 35.0 Å². The van der Waals surface area contributed by atoms with E-state index in [9.17, 15) is 9.59 Å². The standard InChI is InChI=1S/C24H24N2O2S/c1-16(2)29-20-14-12-18(13-15-20)23(27)26-22-11-7-10-21(17(22)3)24(28)25-19-8-5-4-6-9-19/h4-16H,1-3H3,(H,25,28)(H,26,27). The number of anilines is 2. The molecule has 2 amide bonds. The Labute approximate surface area is 175 Å². The molecule has 0 aromatic heterocycles. The number of hydrogen-bond donors (Lipinski definition) is 2. The van der Waals surface area contributed by atoms with E-state index in [1.165, 1.54) is 0 Å². The smallest absolute Gasteiger partial charge is 0.256 e. The summed E-state index contributed by atoms with van der Waals surface area (Å²) in [7, 11) is 0. The first-order chi connectivity index (χ1) is 13.9. The van der Waals surface area contributed by atoms with Crippen LogP contribution in [-0.2, 0) is 0 Å². The summed E-state index contributed by atoms with van der Waals surface area (Å²) in [5.41, 5.74) is 3.18. The second kappa shape index (κ2) is 9.43. The van der Waals surface area contributed by atoms with Crippen LogP contribution in [0.5, 0.6) is 0 Å². The van der Waals surface area contributed by atoms with Crippen molar-refractivity contribution in [2.24, 2.45) is 0 Å². The van der Waals surface area contributed by atoms with Crippen molar-refractivity contribution in [3.8, 4) is 0 Å². The van der Waals surface area contributed by atoms with E-state index in [-0.39, 0.29) is 11.8 Å². The van der Waals surface area contributed by atoms with Crippen molar-refractivity contribution in [3.63, 3.8) is 0 Å². The third-order valence-corrected chi connectivity index (χ3v) is 5.36. The van der Waals surface area contributed by atoms with Crippen LogP contribution >= 0.6 is 11.8 Å². The number of hydrogen-bond acceptors (Lipinski definition) is 3. The van der Waals surface area contributed by atoms with Crippen LogP contribution in [0.25, 0.3) is 0 Å². The molecule has 3 rings (SSSR count). The van der Waals surface area contributed by atoms with Gasteiger partial charge in [-0.25, -0.2) is 0 Å². The van der Waals surface area contributed by atoms with E-state index >= 15 is 0 Å². The Morgan fingerprint density at radius 2 is 1.48 bits per heavy atom. The maximum Gasteiger partial charge on any atom is 0.256 e. The van der Waals surface area contributed by atoms with Crippen LogP contribution < -0.4 is 10.6 Å². The summed E-state index contributed by atoms with van der Waals surface area (Å²) in [5.74, 6) is -0.408. The maximum atomic E-state index is 12.7. The minimum absolute atomic E-state index is 0.199. The first-order valence-corrected chi connectivity index (χ1v) is 10.4. The van der Waals surface area contributed by atoms with Gasteiger partial charge in [-0.2, -0.15) is 0 Å². The van der Waals surface area contributed by atoms with Gasteiger partial charge in [-0.3, -0.25) is 9.59 Å². The molecule has 2 N–H and O–H groups in total. The Morgan fingerprint density at radius 1 is 0.793 bits per heavy atom. The highest BCUT2D eigenvalue weighted by atomic mass is 32.2. The lowest BCUT2D eigenvalue weighted by atomic mass is 10.1. The number of rotatable bonds is 6. The highest BCUT2D eigenvalue weighted by Crippen LogP contribution is 2.24. The Morgan fingerprint density at radius 3 is 2.14 bits per heavy atom. The Hall–Kier alpha value is -3.05. The zero-order valence-corrected chi connectivity index (χ0v) is 17.5. The van der Waals surface area contributed by atoms with E-state index < -0.39 is 0 Å². The Balaban J connectivity index is 1.73. The Kier molecular flexibility index (Phi) is 6.73. The second-order valence-corrected chi connectivity index (χ2v) is 8.59. The first kappa shape index (κ1) is 20.7. The fourth-order valence-corrected chi connectivity index (χ4v) is 3.73. The number of amides is 2. The normalized spacial score (nSPS) is 10.6. The van der Waals surface area contributed by atoms with E-state index in [1.807, 2.05) is 61.5 Å². The van der Waals surface area contributed by atoms with Gasteiger partial charge < -0.3 is 10.6 Å². The SMILES string of the molecule is Cc1c(NC(=O)c2ccc(SC(C)C)cc2)cccc1C(=O)Nc1ccccc1. The molecule has 0 unspecified atom stereocenters. The lowest BCUT2D eigenvalue weighted by Gasteiger charge is -2.13. The molecular formula is C24H24N2O2S. The van der Waals surface area contributed by atoms with Crippen molar-refractivity contribution in [1.29, 1.82) is 0 Å². The van der Waals surface area contributed by atoms with Gasteiger partial charge in [0.25, 0.3) is 11.8 Å². The quantitative estimate of drug-likeness (QED) is 0.495. The molecule has 148 valence electrons. The van der Waals surface area contributed by atoms with Crippen molar-refractivity contribution in [2.75, 3.05) is 10.6 Å². The molecule has 0 saturated heterocycles. The average molecular weight is 405 g/mol. The molecule has 0 fully saturated rings. The molecule has 0 bridgehead atoms. The molecule has 4 nitrogen and oxygen atoms in total. The second-order valence-electron chi connectivity index (χ2n) is 6.94. The third-order valence-electron chi connectivity index (χ3n) is 4.35. The summed E-state index contributed by atoms with van der Waals surface area (Å²) in [4.78, 5) is 26.4. The molecule has 0 saturated carbocycles. The molecule has 0 radical (unpaired) electrons. The molecule has 3 aromatic carbocycles. The number of carbonyl (C=O) groups excluding carboxylic acids is 2. The number of benzene rings is 3. The highest BCUT2D eigenvalue weighted by molar-refractivity contribution is 7.99. The van der Waals surface area contributed by atoms with Crippen LogP contribution in [0.1, 0.15) is 40.1 Å². The van der Waals surface area contributed by atoms with Gasteiger partial charge >= 0.3 is 0 Å². The molecule has 5 heteroatoms. The van der Waals surface area contributed by atoms with Gasteiger partial charge in [0.2, 0.25) is 0 Å². The van der Waals surface area contributed by atoms with Crippen LogP contribution in [0, 0.1) is 6.92 Å². The fraction of sp³-hybridized carbons (Fsp3) is 0.167. The summed E-state index contributed by atoms with van der Waals surface area (Å²) < 4.78 is 0. The molecule has 0 aliphatic carbocycles. The fourth-order valence-electron chi connectivity index (χ4n) is 2.89. The lowest BCUT2D eigenvalue weighted by Crippen LogP contribution is -2.17. The minimum atomic E-state index is -0.208. The van der Waals surface area contributed by atoms with Gasteiger partial charge in [-0.15, -0.1) is 11.8 Å². The zero-order valence-electron chi connectivity index (χ0n) is 16.7. The summed E-state index contributed by atoms with van der Waals surface area (Å²) >= 11 is 1.75. The van der Waals surface area contributed by atoms with Gasteiger partial charge in [-0.1, -0.05) is 38.1 Å². The molecule has 0 heterocycles. The molecule has 3 aromatic rings. The van der Waals surface area contributed by atoms with Gasteiger partial charge in [0.05, 0.1) is 0 Å². The molecule has 0 atom stereocenters. The van der Waals surface area contributed by atoms with E-state index in [0.717, 1.165) is 16.1 Å². The average Bonchev–Trinajstić information content (AvgIpc) is 2.70. The van der Waals surface area contributed by atoms with E-state index in [2.05, 4.69) is 24.5 Å². The maximum absolute atomic E-state index is 12.7. The number of carbonyl (C=O) groups is 2. The monoisotopic (exact) mass is 404 g/mol. The number of thioether (sulfide) groups is 1. The van der Waals surface area contributed by atoms with Crippen molar-refractivity contribution in [3.05, 3.63) is 89.5 Å². The summed E-state index contributed by atoms with van der Waals surface area (Å²) in [6.07, 6.45) is 0. The van der Waals surface area contributed by atoms with Gasteiger partial charge in [-0.05, 0) is 61.0 Å². The van der Waals surface area contributed by atoms with Gasteiger partial charge in [0.1, 0.15) is 0 Å². The van der Waals surface area contributed by atoms with Crippen molar-refractivity contribution < 1.29 is 9.59 Å². The van der Waals surface area contributed by atoms with Crippen molar-refractivity contribution in [1.82, 2.24) is 0 Å². The largest absolute Gasteiger partial charge is 0.322 e. The Bertz CT molecular complexity index is 999. The predicted molar refractivity (Wildman–Crippen MR) is 121 cm³/mol. The zero-order chi connectivity index (χ0) is 20.8. The van der Waals surface area contributed by atoms with Gasteiger partial charge in [0.15, 0.2) is 0 Å². The summed E-state index contributed by atoms with van der Waals surface area (Å²) in [6.45, 7) is 6.10. The van der Waals surface area contributed by atoms with E-state index in [0.29, 0.717) is 22.1 Å². The first-order valence-electron chi connectivity index (χ1n) is 9.48. The number of nitrogens with one attached hydrogen (secondary N) is 2. The van der Waals surface area contributed by atoms with Crippen molar-refractivity contribution in [2.45, 2.75) is 30.9 Å². The summed E-state index contributed by atoms with van der Waals surface area (Å²) in [6, 6.07) is 22.2. The summed E-state index contributed by atoms with van der Waals surface area (Å²) in [5, 5.41) is 6.29. The third kappa shape index (κ3) is 5.48. The van der Waals surface area contributed by atoms with Crippen LogP contribution in [0.4, 0.5) is 11.4 Å². The number of para-hydroxylation sites is 1. The lowest BCUT2D eigenvalue weighted by molar-refractivity contribution is 0.101. The van der Waals surface area contributed by atoms with Crippen LogP contribution in [0.3, 0.4) is 0 Å². The van der Waals surface area contributed by atoms with E-state index in [1.54, 1.807) is 30.0 Å². The van der Waals surface area contributed by atoms with Crippen LogP contribution in [-0.4, -0.2) is 17.1 Å². The molecule has 0 spiro atoms. The predicted octanol–water partition coefficient (Wildman–Crippen LogP) is 6.00. The van der Waals surface area contributed by atoms with Crippen LogP contribution in [0.15, 0.2) is 77.7 Å². The molecule has 0 aliphatic rings. The van der Waals surface area contributed by atoms with E-state index in [4.69, 9.17) is 0 Å². The minimum Gasteiger partial charge on any atom is -0.322 e. The topological polar surface area (TPSA) is 58.2 Å². The highest BCUT2D eigenvalue weighted by Gasteiger charge is 2.14. The molecular weight excluding hydrogens is 380 g/mol. The van der Waals surface area contributed by atoms with Crippen LogP contribution in [0.2, 0.25) is 0 Å².